The lowest BCUT2D eigenvalue weighted by atomic mass is 10.3. The summed E-state index contributed by atoms with van der Waals surface area (Å²) >= 11 is 3.04. The Morgan fingerprint density at radius 2 is 1.45 bits per heavy atom. The van der Waals surface area contributed by atoms with Gasteiger partial charge in [-0.3, -0.25) is 9.69 Å². The summed E-state index contributed by atoms with van der Waals surface area (Å²) in [5.41, 5.74) is 1.88. The van der Waals surface area contributed by atoms with Crippen LogP contribution in [0.5, 0.6) is 11.5 Å². The van der Waals surface area contributed by atoms with E-state index in [0.717, 1.165) is 32.8 Å². The third-order valence-electron chi connectivity index (χ3n) is 4.95. The molecule has 1 saturated heterocycles. The highest BCUT2D eigenvalue weighted by atomic mass is 32.2. The van der Waals surface area contributed by atoms with Crippen molar-refractivity contribution in [3.05, 3.63) is 88.8 Å². The number of carbonyl (C=O) groups is 1. The molecule has 0 radical (unpaired) electrons. The Kier molecular flexibility index (Phi) is 5.21. The third-order valence-corrected chi connectivity index (χ3v) is 7.44. The molecule has 31 heavy (non-hydrogen) atoms. The molecule has 0 bridgehead atoms. The van der Waals surface area contributed by atoms with Crippen molar-refractivity contribution in [1.29, 1.82) is 0 Å². The van der Waals surface area contributed by atoms with Crippen LogP contribution < -0.4 is 9.64 Å². The summed E-state index contributed by atoms with van der Waals surface area (Å²) in [6, 6.07) is 25.4. The highest BCUT2D eigenvalue weighted by Gasteiger charge is 2.37. The molecule has 3 aromatic rings. The maximum Gasteiger partial charge on any atom is 0.269 e. The molecule has 0 aliphatic carbocycles. The van der Waals surface area contributed by atoms with E-state index in [4.69, 9.17) is 9.73 Å². The van der Waals surface area contributed by atoms with Crippen LogP contribution in [0.3, 0.4) is 0 Å². The van der Waals surface area contributed by atoms with Gasteiger partial charge in [-0.2, -0.15) is 0 Å². The molecule has 0 saturated carbocycles. The Bertz CT molecular complexity index is 1210. The zero-order valence-corrected chi connectivity index (χ0v) is 18.6. The minimum absolute atomic E-state index is 0.0325. The molecule has 2 aliphatic rings. The molecular formula is C24H19N3O2S2. The quantitative estimate of drug-likeness (QED) is 0.457. The molecule has 5 rings (SSSR count). The Labute approximate surface area is 189 Å². The number of anilines is 1. The Hall–Kier alpha value is -3.16. The van der Waals surface area contributed by atoms with Gasteiger partial charge in [0.2, 0.25) is 0 Å². The second kappa shape index (κ2) is 8.17. The molecule has 5 nitrogen and oxygen atoms in total. The number of ether oxygens (including phenoxy) is 1. The van der Waals surface area contributed by atoms with E-state index in [-0.39, 0.29) is 5.91 Å². The number of benzene rings is 3. The molecule has 0 unspecified atom stereocenters. The predicted molar refractivity (Wildman–Crippen MR) is 128 cm³/mol. The van der Waals surface area contributed by atoms with Crippen LogP contribution in [-0.4, -0.2) is 30.1 Å². The topological polar surface area (TPSA) is 45.1 Å². The Morgan fingerprint density at radius 1 is 0.774 bits per heavy atom. The highest BCUT2D eigenvalue weighted by Crippen LogP contribution is 2.49. The van der Waals surface area contributed by atoms with Crippen molar-refractivity contribution in [3.63, 3.8) is 0 Å². The molecule has 3 aromatic carbocycles. The maximum absolute atomic E-state index is 13.0. The number of hydrogen-bond acceptors (Lipinski definition) is 6. The van der Waals surface area contributed by atoms with Gasteiger partial charge in [0, 0.05) is 19.0 Å². The van der Waals surface area contributed by atoms with Gasteiger partial charge in [0.1, 0.15) is 16.4 Å². The molecule has 0 N–H and O–H groups in total. The van der Waals surface area contributed by atoms with Gasteiger partial charge < -0.3 is 9.64 Å². The average Bonchev–Trinajstić information content (AvgIpc) is 3.27. The van der Waals surface area contributed by atoms with Crippen LogP contribution in [0.2, 0.25) is 0 Å². The smallest absolute Gasteiger partial charge is 0.269 e. The lowest BCUT2D eigenvalue weighted by molar-refractivity contribution is -0.121. The molecule has 0 aromatic heterocycles. The van der Waals surface area contributed by atoms with Crippen LogP contribution in [0.4, 0.5) is 11.4 Å². The van der Waals surface area contributed by atoms with Gasteiger partial charge in [0.25, 0.3) is 5.91 Å². The van der Waals surface area contributed by atoms with Gasteiger partial charge in [-0.15, -0.1) is 0 Å². The summed E-state index contributed by atoms with van der Waals surface area (Å²) in [6.07, 6.45) is 0. The number of likely N-dealkylation sites (N-methyl/N-ethyl adjacent to an activating group) is 1. The van der Waals surface area contributed by atoms with Crippen LogP contribution in [0.1, 0.15) is 0 Å². The molecule has 2 heterocycles. The number of aliphatic imine (C=N–C) groups is 1. The number of nitrogens with zero attached hydrogens (tertiary/aromatic N) is 3. The third kappa shape index (κ3) is 3.82. The molecular weight excluding hydrogens is 426 g/mol. The standard InChI is InChI=1S/C24H19N3O2S2/c1-26-19-10-6-7-11-20(19)30-23(26)21-22(28)27(2)24(31-21)25-16-12-14-18(15-13-16)29-17-8-4-3-5-9-17/h3-15H,1-2H3/b23-21+,25-24?. The number of amides is 1. The molecule has 2 aliphatic heterocycles. The van der Waals surface area contributed by atoms with Crippen molar-refractivity contribution in [2.75, 3.05) is 19.0 Å². The number of thioether (sulfide) groups is 2. The molecule has 7 heteroatoms. The van der Waals surface area contributed by atoms with Crippen molar-refractivity contribution in [2.24, 2.45) is 4.99 Å². The van der Waals surface area contributed by atoms with Gasteiger partial charge in [-0.25, -0.2) is 4.99 Å². The Morgan fingerprint density at radius 3 is 2.19 bits per heavy atom. The average molecular weight is 446 g/mol. The van der Waals surface area contributed by atoms with E-state index >= 15 is 0 Å². The van der Waals surface area contributed by atoms with Crippen molar-refractivity contribution < 1.29 is 9.53 Å². The zero-order valence-electron chi connectivity index (χ0n) is 17.0. The summed E-state index contributed by atoms with van der Waals surface area (Å²) in [7, 11) is 3.76. The SMILES string of the molecule is CN1C(=O)/C(=C2\Sc3ccccc3N2C)SC1=Nc1ccc(Oc2ccccc2)cc1. The monoisotopic (exact) mass is 445 g/mol. The fourth-order valence-electron chi connectivity index (χ4n) is 3.30. The van der Waals surface area contributed by atoms with Crippen LogP contribution in [-0.2, 0) is 4.79 Å². The van der Waals surface area contributed by atoms with Gasteiger partial charge in [0.15, 0.2) is 5.17 Å². The van der Waals surface area contributed by atoms with Gasteiger partial charge in [0.05, 0.1) is 16.4 Å². The first-order valence-electron chi connectivity index (χ1n) is 9.72. The fraction of sp³-hybridized carbons (Fsp3) is 0.0833. The first kappa shape index (κ1) is 19.8. The Balaban J connectivity index is 1.37. The van der Waals surface area contributed by atoms with E-state index in [1.807, 2.05) is 73.8 Å². The molecule has 1 amide bonds. The number of carbonyl (C=O) groups excluding carboxylic acids is 1. The van der Waals surface area contributed by atoms with Crippen molar-refractivity contribution in [3.8, 4) is 11.5 Å². The molecule has 154 valence electrons. The molecule has 0 atom stereocenters. The van der Waals surface area contributed by atoms with E-state index in [2.05, 4.69) is 17.0 Å². The number of hydrogen-bond donors (Lipinski definition) is 0. The summed E-state index contributed by atoms with van der Waals surface area (Å²) in [5.74, 6) is 1.49. The van der Waals surface area contributed by atoms with Crippen molar-refractivity contribution >= 4 is 46.0 Å². The lowest BCUT2D eigenvalue weighted by Crippen LogP contribution is -2.24. The first-order valence-corrected chi connectivity index (χ1v) is 11.4. The van der Waals surface area contributed by atoms with Gasteiger partial charge in [-0.05, 0) is 60.3 Å². The number of fused-ring (bicyclic) bond motifs is 1. The summed E-state index contributed by atoms with van der Waals surface area (Å²) in [4.78, 5) is 23.2. The highest BCUT2D eigenvalue weighted by molar-refractivity contribution is 8.19. The predicted octanol–water partition coefficient (Wildman–Crippen LogP) is 6.08. The van der Waals surface area contributed by atoms with Gasteiger partial charge >= 0.3 is 0 Å². The number of para-hydroxylation sites is 2. The number of rotatable bonds is 3. The minimum Gasteiger partial charge on any atom is -0.457 e. The fourth-order valence-corrected chi connectivity index (χ4v) is 5.63. The first-order chi connectivity index (χ1) is 15.1. The zero-order chi connectivity index (χ0) is 21.4. The summed E-state index contributed by atoms with van der Waals surface area (Å²) in [6.45, 7) is 0. The van der Waals surface area contributed by atoms with Crippen molar-refractivity contribution in [1.82, 2.24) is 4.90 Å². The van der Waals surface area contributed by atoms with Gasteiger partial charge in [-0.1, -0.05) is 42.1 Å². The van der Waals surface area contributed by atoms with E-state index in [0.29, 0.717) is 10.1 Å². The molecule has 1 fully saturated rings. The normalized spacial score (nSPS) is 19.3. The minimum atomic E-state index is -0.0325. The summed E-state index contributed by atoms with van der Waals surface area (Å²) in [5, 5.41) is 1.61. The van der Waals surface area contributed by atoms with Crippen LogP contribution in [0.25, 0.3) is 0 Å². The van der Waals surface area contributed by atoms with Crippen LogP contribution in [0.15, 0.2) is 98.7 Å². The maximum atomic E-state index is 13.0. The number of amidine groups is 1. The summed E-state index contributed by atoms with van der Waals surface area (Å²) < 4.78 is 5.83. The second-order valence-corrected chi connectivity index (χ2v) is 9.04. The largest absolute Gasteiger partial charge is 0.457 e. The van der Waals surface area contributed by atoms with E-state index in [1.54, 1.807) is 23.7 Å². The lowest BCUT2D eigenvalue weighted by Gasteiger charge is -2.14. The van der Waals surface area contributed by atoms with Crippen molar-refractivity contribution in [2.45, 2.75) is 4.90 Å². The van der Waals surface area contributed by atoms with E-state index < -0.39 is 0 Å². The second-order valence-electron chi connectivity index (χ2n) is 7.03. The van der Waals surface area contributed by atoms with E-state index in [1.165, 1.54) is 11.8 Å². The molecule has 0 spiro atoms. The van der Waals surface area contributed by atoms with Crippen LogP contribution in [0, 0.1) is 0 Å². The van der Waals surface area contributed by atoms with Crippen LogP contribution >= 0.6 is 23.5 Å². The van der Waals surface area contributed by atoms with E-state index in [9.17, 15) is 4.79 Å².